The zero-order valence-corrected chi connectivity index (χ0v) is 17.6. The van der Waals surface area contributed by atoms with Crippen molar-refractivity contribution in [3.63, 3.8) is 0 Å². The first kappa shape index (κ1) is 21.7. The molecule has 0 bridgehead atoms. The van der Waals surface area contributed by atoms with E-state index in [1.165, 1.54) is 51.7 Å². The Hall–Kier alpha value is 0.429. The molecule has 0 fully saturated rings. The summed E-state index contributed by atoms with van der Waals surface area (Å²) in [6.45, 7) is 13.1. The van der Waals surface area contributed by atoms with Crippen molar-refractivity contribution in [3.8, 4) is 0 Å². The van der Waals surface area contributed by atoms with Crippen LogP contribution in [0.1, 0.15) is 78.2 Å². The van der Waals surface area contributed by atoms with Crippen LogP contribution in [0.25, 0.3) is 0 Å². The van der Waals surface area contributed by atoms with Crippen LogP contribution in [-0.4, -0.2) is 26.1 Å². The van der Waals surface area contributed by atoms with Crippen LogP contribution in [0.15, 0.2) is 5.38 Å². The quantitative estimate of drug-likeness (QED) is 0.454. The van der Waals surface area contributed by atoms with Gasteiger partial charge in [0.15, 0.2) is 0 Å². The second kappa shape index (κ2) is 18.4. The number of aryl methyl sites for hydroxylation is 1. The molecule has 0 aliphatic rings. The maximum atomic E-state index is 4.48. The minimum atomic E-state index is -0.264. The van der Waals surface area contributed by atoms with E-state index in [1.54, 1.807) is 11.3 Å². The molecule has 112 valence electrons. The van der Waals surface area contributed by atoms with E-state index in [1.807, 2.05) is 0 Å². The first-order valence-electron chi connectivity index (χ1n) is 7.81. The molecule has 0 amide bonds. The van der Waals surface area contributed by atoms with Crippen LogP contribution in [0.4, 0.5) is 0 Å². The van der Waals surface area contributed by atoms with Crippen LogP contribution in [0.5, 0.6) is 0 Å². The molecule has 0 saturated carbocycles. The SMILES string of the molecule is CCCC.CCCC.CCC[CH2][Sn][c]1csc(C)n1. The summed E-state index contributed by atoms with van der Waals surface area (Å²) in [4.78, 5) is 4.48. The zero-order valence-electron chi connectivity index (χ0n) is 13.9. The molecule has 1 heterocycles. The normalized spacial score (nSPS) is 9.16. The molecule has 1 aromatic heterocycles. The van der Waals surface area contributed by atoms with E-state index in [9.17, 15) is 0 Å². The van der Waals surface area contributed by atoms with Gasteiger partial charge in [-0.25, -0.2) is 0 Å². The van der Waals surface area contributed by atoms with E-state index in [2.05, 4.69) is 51.9 Å². The van der Waals surface area contributed by atoms with Crippen LogP contribution in [0.3, 0.4) is 0 Å². The van der Waals surface area contributed by atoms with Crippen molar-refractivity contribution in [1.82, 2.24) is 4.98 Å². The summed E-state index contributed by atoms with van der Waals surface area (Å²) < 4.78 is 2.91. The summed E-state index contributed by atoms with van der Waals surface area (Å²) in [5, 5.41) is 3.48. The predicted octanol–water partition coefficient (Wildman–Crippen LogP) is 5.61. The van der Waals surface area contributed by atoms with Crippen molar-refractivity contribution in [2.24, 2.45) is 0 Å². The van der Waals surface area contributed by atoms with E-state index in [-0.39, 0.29) is 21.1 Å². The average Bonchev–Trinajstić information content (AvgIpc) is 2.85. The third kappa shape index (κ3) is 18.4. The Labute approximate surface area is 135 Å². The first-order valence-corrected chi connectivity index (χ1v) is 12.1. The number of hydrogen-bond donors (Lipinski definition) is 0. The number of aromatic nitrogens is 1. The topological polar surface area (TPSA) is 12.9 Å². The van der Waals surface area contributed by atoms with E-state index in [4.69, 9.17) is 0 Å². The molecule has 19 heavy (non-hydrogen) atoms. The van der Waals surface area contributed by atoms with Crippen molar-refractivity contribution in [1.29, 1.82) is 0 Å². The fourth-order valence-corrected chi connectivity index (χ4v) is 5.81. The molecule has 0 spiro atoms. The van der Waals surface area contributed by atoms with Crippen molar-refractivity contribution >= 4 is 36.2 Å². The molecule has 0 unspecified atom stereocenters. The zero-order chi connectivity index (χ0) is 14.9. The number of rotatable bonds is 6. The number of thiazole rings is 1. The molecule has 0 aromatic carbocycles. The van der Waals surface area contributed by atoms with Gasteiger partial charge >= 0.3 is 82.7 Å². The average molecular weight is 390 g/mol. The predicted molar refractivity (Wildman–Crippen MR) is 93.1 cm³/mol. The fraction of sp³-hybridized carbons (Fsp3) is 0.812. The molecule has 1 rings (SSSR count). The van der Waals surface area contributed by atoms with Crippen molar-refractivity contribution in [2.75, 3.05) is 0 Å². The van der Waals surface area contributed by atoms with Gasteiger partial charge in [-0.15, -0.1) is 0 Å². The summed E-state index contributed by atoms with van der Waals surface area (Å²) in [6, 6.07) is 0. The fourth-order valence-electron chi connectivity index (χ4n) is 0.838. The van der Waals surface area contributed by atoms with Crippen LogP contribution in [0, 0.1) is 6.92 Å². The molecule has 0 aliphatic heterocycles. The second-order valence-corrected chi connectivity index (χ2v) is 9.49. The van der Waals surface area contributed by atoms with Crippen molar-refractivity contribution in [2.45, 2.75) is 84.5 Å². The van der Waals surface area contributed by atoms with E-state index in [0.29, 0.717) is 0 Å². The van der Waals surface area contributed by atoms with Crippen LogP contribution in [0.2, 0.25) is 4.44 Å². The van der Waals surface area contributed by atoms with Crippen LogP contribution >= 0.6 is 11.3 Å². The Bertz CT molecular complexity index is 253. The third-order valence-electron chi connectivity index (χ3n) is 2.46. The van der Waals surface area contributed by atoms with Gasteiger partial charge in [0.05, 0.1) is 0 Å². The van der Waals surface area contributed by atoms with Gasteiger partial charge in [0.1, 0.15) is 0 Å². The standard InChI is InChI=1S/C4H4NS.2C4H10.C4H9.Sn/c1-4-5-2-3-6-4;3*1-3-4-2;/h3H,1H3;2*3-4H2,1-2H3;1,3-4H2,2H3;. The Morgan fingerprint density at radius 3 is 1.79 bits per heavy atom. The molecule has 0 saturated heterocycles. The Morgan fingerprint density at radius 2 is 1.47 bits per heavy atom. The second-order valence-electron chi connectivity index (χ2n) is 4.53. The summed E-state index contributed by atoms with van der Waals surface area (Å²) in [7, 11) is 0. The first-order chi connectivity index (χ1) is 9.15. The van der Waals surface area contributed by atoms with Gasteiger partial charge in [0, 0.05) is 0 Å². The summed E-state index contributed by atoms with van der Waals surface area (Å²) in [5.41, 5.74) is 0. The Morgan fingerprint density at radius 1 is 0.947 bits per heavy atom. The number of unbranched alkanes of at least 4 members (excludes halogenated alkanes) is 3. The summed E-state index contributed by atoms with van der Waals surface area (Å²) in [6.07, 6.45) is 8.02. The third-order valence-corrected chi connectivity index (χ3v) is 7.31. The van der Waals surface area contributed by atoms with Gasteiger partial charge in [-0.05, 0) is 0 Å². The van der Waals surface area contributed by atoms with Crippen LogP contribution < -0.4 is 3.71 Å². The molecule has 3 heteroatoms. The Kier molecular flexibility index (Phi) is 21.1. The molecule has 2 radical (unpaired) electrons. The number of hydrogen-bond acceptors (Lipinski definition) is 2. The monoisotopic (exact) mass is 391 g/mol. The van der Waals surface area contributed by atoms with Gasteiger partial charge in [-0.2, -0.15) is 0 Å². The van der Waals surface area contributed by atoms with E-state index >= 15 is 0 Å². The van der Waals surface area contributed by atoms with Crippen molar-refractivity contribution in [3.05, 3.63) is 10.4 Å². The Balaban J connectivity index is 0. The van der Waals surface area contributed by atoms with Gasteiger partial charge < -0.3 is 0 Å². The van der Waals surface area contributed by atoms with Gasteiger partial charge in [-0.3, -0.25) is 0 Å². The van der Waals surface area contributed by atoms with E-state index < -0.39 is 0 Å². The molecule has 0 aliphatic carbocycles. The maximum absolute atomic E-state index is 4.48. The molecule has 1 nitrogen and oxygen atoms in total. The molecular weight excluding hydrogens is 357 g/mol. The molecule has 1 aromatic rings. The summed E-state index contributed by atoms with van der Waals surface area (Å²) >= 11 is 1.53. The van der Waals surface area contributed by atoms with E-state index in [0.717, 1.165) is 0 Å². The van der Waals surface area contributed by atoms with Gasteiger partial charge in [0.25, 0.3) is 0 Å². The van der Waals surface area contributed by atoms with Gasteiger partial charge in [0.2, 0.25) is 0 Å². The number of nitrogens with zero attached hydrogens (tertiary/aromatic N) is 1. The summed E-state index contributed by atoms with van der Waals surface area (Å²) in [5.74, 6) is 0. The minimum absolute atomic E-state index is 0.264. The van der Waals surface area contributed by atoms with Crippen LogP contribution in [-0.2, 0) is 0 Å². The molecule has 0 N–H and O–H groups in total. The molecular formula is C16H33NSSn. The van der Waals surface area contributed by atoms with Crippen molar-refractivity contribution < 1.29 is 0 Å². The molecule has 0 atom stereocenters. The van der Waals surface area contributed by atoms with Gasteiger partial charge in [-0.1, -0.05) is 53.4 Å².